The summed E-state index contributed by atoms with van der Waals surface area (Å²) in [5, 5.41) is 12.2. The van der Waals surface area contributed by atoms with E-state index in [0.717, 1.165) is 4.47 Å². The van der Waals surface area contributed by atoms with Crippen LogP contribution in [-0.4, -0.2) is 19.9 Å². The minimum atomic E-state index is 0.114. The van der Waals surface area contributed by atoms with E-state index in [2.05, 4.69) is 47.3 Å². The molecule has 0 atom stereocenters. The SMILES string of the molecule is N#Cc1cc(Br)ccc1Nc1nc(N)nc2nc[nH]c12. The Labute approximate surface area is 122 Å². The van der Waals surface area contributed by atoms with Crippen molar-refractivity contribution in [1.82, 2.24) is 19.9 Å². The van der Waals surface area contributed by atoms with Crippen LogP contribution in [0.2, 0.25) is 0 Å². The summed E-state index contributed by atoms with van der Waals surface area (Å²) < 4.78 is 0.827. The monoisotopic (exact) mass is 329 g/mol. The molecule has 0 saturated heterocycles. The van der Waals surface area contributed by atoms with Crippen LogP contribution in [0.5, 0.6) is 0 Å². The maximum Gasteiger partial charge on any atom is 0.224 e. The standard InChI is InChI=1S/C12H8BrN7/c13-7-1-2-8(6(3-7)4-14)18-11-9-10(17-5-16-9)19-12(15)20-11/h1-3,5H,(H4,15,16,17,18,19,20). The van der Waals surface area contributed by atoms with E-state index in [0.29, 0.717) is 28.2 Å². The summed E-state index contributed by atoms with van der Waals surface area (Å²) in [5.41, 5.74) is 7.86. The first-order valence-electron chi connectivity index (χ1n) is 5.60. The second-order valence-corrected chi connectivity index (χ2v) is 4.87. The lowest BCUT2D eigenvalue weighted by Crippen LogP contribution is -2.02. The average Bonchev–Trinajstić information content (AvgIpc) is 2.88. The predicted molar refractivity (Wildman–Crippen MR) is 78.2 cm³/mol. The maximum atomic E-state index is 9.16. The van der Waals surface area contributed by atoms with E-state index in [1.807, 2.05) is 6.07 Å². The van der Waals surface area contributed by atoms with Gasteiger partial charge in [0.15, 0.2) is 11.5 Å². The van der Waals surface area contributed by atoms with Gasteiger partial charge in [0, 0.05) is 4.47 Å². The molecule has 1 aromatic carbocycles. The summed E-state index contributed by atoms with van der Waals surface area (Å²) in [4.78, 5) is 15.1. The Hall–Kier alpha value is -2.66. The highest BCUT2D eigenvalue weighted by atomic mass is 79.9. The third-order valence-corrected chi connectivity index (χ3v) is 3.15. The third kappa shape index (κ3) is 2.15. The second-order valence-electron chi connectivity index (χ2n) is 3.96. The number of benzene rings is 1. The Balaban J connectivity index is 2.10. The molecular weight excluding hydrogens is 322 g/mol. The van der Waals surface area contributed by atoms with E-state index in [1.54, 1.807) is 12.1 Å². The van der Waals surface area contributed by atoms with Gasteiger partial charge in [0.25, 0.3) is 0 Å². The summed E-state index contributed by atoms with van der Waals surface area (Å²) in [7, 11) is 0. The first-order chi connectivity index (χ1) is 9.67. The number of H-pyrrole nitrogens is 1. The Morgan fingerprint density at radius 1 is 1.35 bits per heavy atom. The van der Waals surface area contributed by atoms with Gasteiger partial charge in [-0.05, 0) is 18.2 Å². The highest BCUT2D eigenvalue weighted by Gasteiger charge is 2.10. The van der Waals surface area contributed by atoms with Crippen molar-refractivity contribution in [2.75, 3.05) is 11.1 Å². The highest BCUT2D eigenvalue weighted by molar-refractivity contribution is 9.10. The van der Waals surface area contributed by atoms with Crippen molar-refractivity contribution in [1.29, 1.82) is 5.26 Å². The van der Waals surface area contributed by atoms with Gasteiger partial charge in [0.1, 0.15) is 11.6 Å². The molecule has 3 rings (SSSR count). The lowest BCUT2D eigenvalue weighted by atomic mass is 10.2. The van der Waals surface area contributed by atoms with Crippen molar-refractivity contribution in [3.05, 3.63) is 34.6 Å². The summed E-state index contributed by atoms with van der Waals surface area (Å²) in [6.45, 7) is 0. The highest BCUT2D eigenvalue weighted by Crippen LogP contribution is 2.26. The number of imidazole rings is 1. The third-order valence-electron chi connectivity index (χ3n) is 2.66. The molecule has 0 amide bonds. The average molecular weight is 330 g/mol. The number of fused-ring (bicyclic) bond motifs is 1. The zero-order valence-corrected chi connectivity index (χ0v) is 11.6. The van der Waals surface area contributed by atoms with Gasteiger partial charge in [-0.25, -0.2) is 4.98 Å². The quantitative estimate of drug-likeness (QED) is 0.664. The molecule has 0 aliphatic rings. The van der Waals surface area contributed by atoms with Gasteiger partial charge < -0.3 is 16.0 Å². The number of nitrogens with two attached hydrogens (primary N) is 1. The number of aromatic nitrogens is 4. The second kappa shape index (κ2) is 4.79. The predicted octanol–water partition coefficient (Wildman–Crippen LogP) is 2.31. The first-order valence-corrected chi connectivity index (χ1v) is 6.40. The number of halogens is 1. The molecule has 0 saturated carbocycles. The van der Waals surface area contributed by atoms with Gasteiger partial charge in [-0.1, -0.05) is 15.9 Å². The molecule has 0 spiro atoms. The van der Waals surface area contributed by atoms with Gasteiger partial charge in [-0.15, -0.1) is 0 Å². The molecule has 0 radical (unpaired) electrons. The lowest BCUT2D eigenvalue weighted by molar-refractivity contribution is 1.21. The van der Waals surface area contributed by atoms with Crippen molar-refractivity contribution in [2.24, 2.45) is 0 Å². The van der Waals surface area contributed by atoms with E-state index < -0.39 is 0 Å². The zero-order chi connectivity index (χ0) is 14.1. The summed E-state index contributed by atoms with van der Waals surface area (Å²) in [5.74, 6) is 0.589. The number of anilines is 3. The molecule has 0 fully saturated rings. The Morgan fingerprint density at radius 2 is 2.20 bits per heavy atom. The maximum absolute atomic E-state index is 9.16. The van der Waals surface area contributed by atoms with Gasteiger partial charge in [0.2, 0.25) is 5.95 Å². The van der Waals surface area contributed by atoms with Crippen LogP contribution in [0, 0.1) is 11.3 Å². The molecule has 3 aromatic rings. The number of hydrogen-bond acceptors (Lipinski definition) is 6. The van der Waals surface area contributed by atoms with Crippen molar-refractivity contribution >= 4 is 44.5 Å². The number of nitrogen functional groups attached to an aromatic ring is 1. The fourth-order valence-corrected chi connectivity index (χ4v) is 2.15. The van der Waals surface area contributed by atoms with Crippen LogP contribution >= 0.6 is 15.9 Å². The number of rotatable bonds is 2. The lowest BCUT2D eigenvalue weighted by Gasteiger charge is -2.08. The van der Waals surface area contributed by atoms with Crippen molar-refractivity contribution in [2.45, 2.75) is 0 Å². The minimum Gasteiger partial charge on any atom is -0.368 e. The van der Waals surface area contributed by atoms with E-state index >= 15 is 0 Å². The number of aromatic amines is 1. The molecule has 4 N–H and O–H groups in total. The van der Waals surface area contributed by atoms with Crippen LogP contribution in [0.1, 0.15) is 5.56 Å². The van der Waals surface area contributed by atoms with Crippen LogP contribution in [0.3, 0.4) is 0 Å². The van der Waals surface area contributed by atoms with Crippen molar-refractivity contribution in [3.8, 4) is 6.07 Å². The number of hydrogen-bond donors (Lipinski definition) is 3. The fraction of sp³-hybridized carbons (Fsp3) is 0. The molecule has 8 heteroatoms. The van der Waals surface area contributed by atoms with Crippen LogP contribution in [0.15, 0.2) is 29.0 Å². The van der Waals surface area contributed by atoms with E-state index in [9.17, 15) is 0 Å². The van der Waals surface area contributed by atoms with E-state index in [1.165, 1.54) is 6.33 Å². The molecule has 0 unspecified atom stereocenters. The van der Waals surface area contributed by atoms with Crippen LogP contribution in [-0.2, 0) is 0 Å². The zero-order valence-electron chi connectivity index (χ0n) is 10.1. The van der Waals surface area contributed by atoms with Gasteiger partial charge >= 0.3 is 0 Å². The van der Waals surface area contributed by atoms with Crippen LogP contribution in [0.4, 0.5) is 17.5 Å². The molecule has 0 bridgehead atoms. The number of nitrogens with zero attached hydrogens (tertiary/aromatic N) is 4. The molecule has 2 heterocycles. The molecule has 2 aromatic heterocycles. The first kappa shape index (κ1) is 12.4. The largest absolute Gasteiger partial charge is 0.368 e. The topological polar surface area (TPSA) is 116 Å². The fourth-order valence-electron chi connectivity index (χ4n) is 1.79. The molecular formula is C12H8BrN7. The van der Waals surface area contributed by atoms with E-state index in [4.69, 9.17) is 11.0 Å². The summed E-state index contributed by atoms with van der Waals surface area (Å²) in [6.07, 6.45) is 1.51. The van der Waals surface area contributed by atoms with Crippen LogP contribution < -0.4 is 11.1 Å². The molecule has 98 valence electrons. The summed E-state index contributed by atoms with van der Waals surface area (Å²) >= 11 is 3.33. The van der Waals surface area contributed by atoms with Gasteiger partial charge in [-0.2, -0.15) is 15.2 Å². The van der Waals surface area contributed by atoms with Crippen molar-refractivity contribution < 1.29 is 0 Å². The Kier molecular flexibility index (Phi) is 2.96. The van der Waals surface area contributed by atoms with Gasteiger partial charge in [-0.3, -0.25) is 0 Å². The summed E-state index contributed by atoms with van der Waals surface area (Å²) in [6, 6.07) is 7.45. The smallest absolute Gasteiger partial charge is 0.224 e. The molecule has 7 nitrogen and oxygen atoms in total. The number of nitrogens with one attached hydrogen (secondary N) is 2. The normalized spacial score (nSPS) is 10.4. The van der Waals surface area contributed by atoms with E-state index in [-0.39, 0.29) is 5.95 Å². The minimum absolute atomic E-state index is 0.114. The molecule has 20 heavy (non-hydrogen) atoms. The molecule has 0 aliphatic heterocycles. The van der Waals surface area contributed by atoms with Crippen molar-refractivity contribution in [3.63, 3.8) is 0 Å². The number of nitriles is 1. The Morgan fingerprint density at radius 3 is 3.00 bits per heavy atom. The van der Waals surface area contributed by atoms with Gasteiger partial charge in [0.05, 0.1) is 17.6 Å². The van der Waals surface area contributed by atoms with Crippen LogP contribution in [0.25, 0.3) is 11.2 Å². The Bertz CT molecular complexity index is 833. The molecule has 0 aliphatic carbocycles.